The third-order valence-electron chi connectivity index (χ3n) is 5.15. The standard InChI is InChI=1S/C22H26N4O2.CH2O2/c23-21-22(27)26(15-8-16-28-25-13-6-7-14-25)19-12-5-4-11-18(19)20(24-21)17-9-2-1-3-10-17;2-1-3/h1-5,9-12,21H,6-8,13-16,23H2;1H,(H,2,3). The first kappa shape index (κ1) is 22.6. The number of amides is 1. The first-order valence-corrected chi connectivity index (χ1v) is 10.4. The first-order valence-electron chi connectivity index (χ1n) is 10.4. The molecule has 164 valence electrons. The van der Waals surface area contributed by atoms with Crippen LogP contribution >= 0.6 is 0 Å². The molecule has 1 atom stereocenters. The highest BCUT2D eigenvalue weighted by atomic mass is 16.7. The fourth-order valence-electron chi connectivity index (χ4n) is 3.74. The third-order valence-corrected chi connectivity index (χ3v) is 5.15. The lowest BCUT2D eigenvalue weighted by atomic mass is 10.0. The number of hydrogen-bond donors (Lipinski definition) is 2. The van der Waals surface area contributed by atoms with Crippen LogP contribution in [0.25, 0.3) is 0 Å². The minimum absolute atomic E-state index is 0.181. The van der Waals surface area contributed by atoms with Crippen LogP contribution in [0.3, 0.4) is 0 Å². The fourth-order valence-corrected chi connectivity index (χ4v) is 3.74. The number of carbonyl (C=O) groups is 2. The van der Waals surface area contributed by atoms with Crippen LogP contribution in [-0.4, -0.2) is 60.7 Å². The number of nitrogens with zero attached hydrogens (tertiary/aromatic N) is 3. The number of hydroxylamine groups is 2. The second-order valence-electron chi connectivity index (χ2n) is 7.22. The topological polar surface area (TPSA) is 108 Å². The second kappa shape index (κ2) is 11.4. The Labute approximate surface area is 181 Å². The first-order chi connectivity index (χ1) is 15.2. The molecule has 2 aromatic carbocycles. The van der Waals surface area contributed by atoms with Gasteiger partial charge < -0.3 is 15.7 Å². The molecule has 2 aromatic rings. The average Bonchev–Trinajstić information content (AvgIpc) is 3.28. The summed E-state index contributed by atoms with van der Waals surface area (Å²) in [6.07, 6.45) is 2.20. The van der Waals surface area contributed by atoms with Gasteiger partial charge in [0.05, 0.1) is 18.0 Å². The summed E-state index contributed by atoms with van der Waals surface area (Å²) in [5.74, 6) is -0.181. The molecule has 1 saturated heterocycles. The van der Waals surface area contributed by atoms with Crippen molar-refractivity contribution in [1.82, 2.24) is 5.06 Å². The molecule has 8 heteroatoms. The van der Waals surface area contributed by atoms with Gasteiger partial charge in [0.25, 0.3) is 12.4 Å². The number of benzodiazepines with no additional fused rings is 1. The molecule has 1 fully saturated rings. The van der Waals surface area contributed by atoms with E-state index >= 15 is 0 Å². The molecule has 2 aliphatic rings. The number of carboxylic acid groups (broad SMARTS) is 1. The smallest absolute Gasteiger partial charge is 0.290 e. The highest BCUT2D eigenvalue weighted by Crippen LogP contribution is 2.28. The van der Waals surface area contributed by atoms with E-state index < -0.39 is 6.17 Å². The Hall–Kier alpha value is -3.07. The van der Waals surface area contributed by atoms with Crippen molar-refractivity contribution in [2.45, 2.75) is 25.4 Å². The zero-order chi connectivity index (χ0) is 22.1. The molecule has 0 aliphatic carbocycles. The molecule has 1 amide bonds. The summed E-state index contributed by atoms with van der Waals surface area (Å²) in [4.78, 5) is 33.5. The van der Waals surface area contributed by atoms with Crippen LogP contribution in [-0.2, 0) is 14.4 Å². The van der Waals surface area contributed by atoms with Crippen LogP contribution in [0.15, 0.2) is 59.6 Å². The van der Waals surface area contributed by atoms with Gasteiger partial charge in [0.1, 0.15) is 0 Å². The molecule has 31 heavy (non-hydrogen) atoms. The lowest BCUT2D eigenvalue weighted by molar-refractivity contribution is -0.143. The summed E-state index contributed by atoms with van der Waals surface area (Å²) in [6, 6.07) is 17.7. The van der Waals surface area contributed by atoms with E-state index in [4.69, 9.17) is 20.5 Å². The SMILES string of the molecule is NC1N=C(c2ccccc2)c2ccccc2N(CCCON2CCCC2)C1=O.O=CO. The van der Waals surface area contributed by atoms with Gasteiger partial charge in [-0.1, -0.05) is 48.5 Å². The summed E-state index contributed by atoms with van der Waals surface area (Å²) < 4.78 is 0. The summed E-state index contributed by atoms with van der Waals surface area (Å²) in [7, 11) is 0. The van der Waals surface area contributed by atoms with Crippen LogP contribution in [0.1, 0.15) is 30.4 Å². The molecule has 0 spiro atoms. The predicted octanol–water partition coefficient (Wildman–Crippen LogP) is 2.27. The highest BCUT2D eigenvalue weighted by molar-refractivity contribution is 6.20. The van der Waals surface area contributed by atoms with Crippen LogP contribution in [0.2, 0.25) is 0 Å². The van der Waals surface area contributed by atoms with Crippen LogP contribution in [0, 0.1) is 0 Å². The van der Waals surface area contributed by atoms with E-state index in [1.165, 1.54) is 12.8 Å². The number of fused-ring (bicyclic) bond motifs is 1. The minimum atomic E-state index is -0.915. The van der Waals surface area contributed by atoms with Gasteiger partial charge in [0, 0.05) is 30.8 Å². The number of para-hydroxylation sites is 1. The highest BCUT2D eigenvalue weighted by Gasteiger charge is 2.29. The van der Waals surface area contributed by atoms with Gasteiger partial charge in [-0.15, -0.1) is 0 Å². The van der Waals surface area contributed by atoms with E-state index in [2.05, 4.69) is 4.99 Å². The van der Waals surface area contributed by atoms with Gasteiger partial charge in [-0.25, -0.2) is 0 Å². The molecule has 3 N–H and O–H groups in total. The van der Waals surface area contributed by atoms with Gasteiger partial charge in [-0.3, -0.25) is 19.4 Å². The van der Waals surface area contributed by atoms with E-state index in [1.54, 1.807) is 4.90 Å². The van der Waals surface area contributed by atoms with Gasteiger partial charge >= 0.3 is 0 Å². The number of anilines is 1. The predicted molar refractivity (Wildman–Crippen MR) is 119 cm³/mol. The van der Waals surface area contributed by atoms with Gasteiger partial charge in [-0.05, 0) is 25.3 Å². The normalized spacial score (nSPS) is 18.5. The monoisotopic (exact) mass is 424 g/mol. The Morgan fingerprint density at radius 3 is 2.45 bits per heavy atom. The quantitative estimate of drug-likeness (QED) is 0.544. The fraction of sp³-hybridized carbons (Fsp3) is 0.348. The van der Waals surface area contributed by atoms with Crippen LogP contribution in [0.4, 0.5) is 5.69 Å². The van der Waals surface area contributed by atoms with Crippen molar-refractivity contribution in [1.29, 1.82) is 0 Å². The van der Waals surface area contributed by atoms with Crippen molar-refractivity contribution in [2.24, 2.45) is 10.7 Å². The largest absolute Gasteiger partial charge is 0.483 e. The van der Waals surface area contributed by atoms with E-state index in [-0.39, 0.29) is 12.4 Å². The molecule has 0 radical (unpaired) electrons. The van der Waals surface area contributed by atoms with E-state index in [1.807, 2.05) is 59.7 Å². The van der Waals surface area contributed by atoms with Crippen molar-refractivity contribution in [2.75, 3.05) is 31.1 Å². The maximum absolute atomic E-state index is 13.0. The summed E-state index contributed by atoms with van der Waals surface area (Å²) in [6.45, 7) is 2.87. The Kier molecular flexibility index (Phi) is 8.28. The van der Waals surface area contributed by atoms with Crippen molar-refractivity contribution in [3.8, 4) is 0 Å². The Morgan fingerprint density at radius 1 is 1.10 bits per heavy atom. The summed E-state index contributed by atoms with van der Waals surface area (Å²) in [5.41, 5.74) is 9.65. The number of nitrogens with two attached hydrogens (primary N) is 1. The lowest BCUT2D eigenvalue weighted by Crippen LogP contribution is -2.43. The molecule has 0 aromatic heterocycles. The minimum Gasteiger partial charge on any atom is -0.483 e. The molecular formula is C23H28N4O4. The maximum atomic E-state index is 13.0. The molecule has 0 bridgehead atoms. The van der Waals surface area contributed by atoms with Gasteiger partial charge in [0.2, 0.25) is 0 Å². The van der Waals surface area contributed by atoms with Crippen molar-refractivity contribution >= 4 is 23.8 Å². The zero-order valence-electron chi connectivity index (χ0n) is 17.4. The molecule has 1 unspecified atom stereocenters. The summed E-state index contributed by atoms with van der Waals surface area (Å²) >= 11 is 0. The average molecular weight is 425 g/mol. The number of benzene rings is 2. The van der Waals surface area contributed by atoms with Crippen LogP contribution < -0.4 is 10.6 Å². The molecule has 8 nitrogen and oxygen atoms in total. The zero-order valence-corrected chi connectivity index (χ0v) is 17.4. The lowest BCUT2D eigenvalue weighted by Gasteiger charge is -2.24. The van der Waals surface area contributed by atoms with E-state index in [0.717, 1.165) is 42.0 Å². The Balaban J connectivity index is 0.000000858. The van der Waals surface area contributed by atoms with Crippen molar-refractivity contribution in [3.63, 3.8) is 0 Å². The van der Waals surface area contributed by atoms with Gasteiger partial charge in [-0.2, -0.15) is 5.06 Å². The van der Waals surface area contributed by atoms with Crippen LogP contribution in [0.5, 0.6) is 0 Å². The molecule has 2 aliphatic heterocycles. The molecular weight excluding hydrogens is 396 g/mol. The summed E-state index contributed by atoms with van der Waals surface area (Å²) in [5, 5.41) is 8.90. The molecule has 0 saturated carbocycles. The molecule has 4 rings (SSSR count). The maximum Gasteiger partial charge on any atom is 0.290 e. The molecule has 2 heterocycles. The van der Waals surface area contributed by atoms with E-state index in [0.29, 0.717) is 13.2 Å². The number of hydrogen-bond acceptors (Lipinski definition) is 6. The number of aliphatic imine (C=N–C) groups is 1. The van der Waals surface area contributed by atoms with Crippen molar-refractivity contribution < 1.29 is 19.5 Å². The Bertz CT molecular complexity index is 897. The second-order valence-corrected chi connectivity index (χ2v) is 7.22. The van der Waals surface area contributed by atoms with Crippen molar-refractivity contribution in [3.05, 3.63) is 65.7 Å². The number of rotatable bonds is 6. The Morgan fingerprint density at radius 2 is 1.74 bits per heavy atom. The van der Waals surface area contributed by atoms with Gasteiger partial charge in [0.15, 0.2) is 6.17 Å². The third kappa shape index (κ3) is 5.75. The van der Waals surface area contributed by atoms with E-state index in [9.17, 15) is 4.79 Å². The number of carbonyl (C=O) groups excluding carboxylic acids is 1.